The highest BCUT2D eigenvalue weighted by atomic mass is 16.5. The Bertz CT molecular complexity index is 753. The SMILES string of the molecule is O=C(O)COc1ccc(NC(=O)c2ccc(N3CCOCC3)cc2)cc1. The van der Waals surface area contributed by atoms with Crippen LogP contribution >= 0.6 is 0 Å². The van der Waals surface area contributed by atoms with Gasteiger partial charge in [-0.05, 0) is 48.5 Å². The van der Waals surface area contributed by atoms with Crippen LogP contribution in [0.1, 0.15) is 10.4 Å². The van der Waals surface area contributed by atoms with E-state index in [1.54, 1.807) is 36.4 Å². The number of carboxylic acid groups (broad SMARTS) is 1. The predicted octanol–water partition coefficient (Wildman–Crippen LogP) is 2.24. The van der Waals surface area contributed by atoms with Crippen LogP contribution in [0.2, 0.25) is 0 Å². The minimum Gasteiger partial charge on any atom is -0.482 e. The molecule has 2 aromatic carbocycles. The molecule has 1 saturated heterocycles. The summed E-state index contributed by atoms with van der Waals surface area (Å²) in [5, 5.41) is 11.4. The maximum absolute atomic E-state index is 12.3. The number of morpholine rings is 1. The summed E-state index contributed by atoms with van der Waals surface area (Å²) in [5.41, 5.74) is 2.24. The number of hydrogen-bond donors (Lipinski definition) is 2. The van der Waals surface area contributed by atoms with Crippen LogP contribution in [0.3, 0.4) is 0 Å². The second-order valence-electron chi connectivity index (χ2n) is 5.81. The first-order chi connectivity index (χ1) is 12.6. The van der Waals surface area contributed by atoms with Gasteiger partial charge in [-0.3, -0.25) is 4.79 Å². The molecule has 2 N–H and O–H groups in total. The number of nitrogens with one attached hydrogen (secondary N) is 1. The second-order valence-corrected chi connectivity index (χ2v) is 5.81. The molecule has 7 nitrogen and oxygen atoms in total. The average Bonchev–Trinajstić information content (AvgIpc) is 2.68. The maximum atomic E-state index is 12.3. The third-order valence-electron chi connectivity index (χ3n) is 3.98. The van der Waals surface area contributed by atoms with Gasteiger partial charge in [-0.1, -0.05) is 0 Å². The molecule has 0 aliphatic carbocycles. The number of hydrogen-bond acceptors (Lipinski definition) is 5. The van der Waals surface area contributed by atoms with E-state index in [4.69, 9.17) is 14.6 Å². The fraction of sp³-hybridized carbons (Fsp3) is 0.263. The zero-order valence-corrected chi connectivity index (χ0v) is 14.2. The molecule has 7 heteroatoms. The third kappa shape index (κ3) is 4.73. The van der Waals surface area contributed by atoms with Gasteiger partial charge < -0.3 is 24.8 Å². The van der Waals surface area contributed by atoms with Crippen molar-refractivity contribution in [2.75, 3.05) is 43.1 Å². The van der Waals surface area contributed by atoms with E-state index in [0.717, 1.165) is 18.8 Å². The van der Waals surface area contributed by atoms with Crippen LogP contribution in [-0.2, 0) is 9.53 Å². The summed E-state index contributed by atoms with van der Waals surface area (Å²) < 4.78 is 10.4. The maximum Gasteiger partial charge on any atom is 0.341 e. The molecule has 1 aliphatic rings. The first-order valence-electron chi connectivity index (χ1n) is 8.30. The van der Waals surface area contributed by atoms with E-state index in [1.165, 1.54) is 0 Å². The average molecular weight is 356 g/mol. The van der Waals surface area contributed by atoms with Gasteiger partial charge in [0.15, 0.2) is 6.61 Å². The first-order valence-corrected chi connectivity index (χ1v) is 8.30. The normalized spacial score (nSPS) is 13.9. The fourth-order valence-electron chi connectivity index (χ4n) is 2.63. The lowest BCUT2D eigenvalue weighted by atomic mass is 10.1. The molecular formula is C19H20N2O5. The number of carboxylic acids is 1. The van der Waals surface area contributed by atoms with Gasteiger partial charge in [-0.15, -0.1) is 0 Å². The molecule has 3 rings (SSSR count). The van der Waals surface area contributed by atoms with Crippen LogP contribution in [0.5, 0.6) is 5.75 Å². The lowest BCUT2D eigenvalue weighted by Crippen LogP contribution is -2.36. The van der Waals surface area contributed by atoms with Crippen molar-refractivity contribution in [3.8, 4) is 5.75 Å². The highest BCUT2D eigenvalue weighted by Gasteiger charge is 2.12. The fourth-order valence-corrected chi connectivity index (χ4v) is 2.63. The topological polar surface area (TPSA) is 88.1 Å². The van der Waals surface area contributed by atoms with Crippen molar-refractivity contribution in [3.05, 3.63) is 54.1 Å². The quantitative estimate of drug-likeness (QED) is 0.825. The molecule has 1 heterocycles. The van der Waals surface area contributed by atoms with E-state index in [1.807, 2.05) is 12.1 Å². The van der Waals surface area contributed by atoms with Crippen LogP contribution in [0, 0.1) is 0 Å². The highest BCUT2D eigenvalue weighted by Crippen LogP contribution is 2.19. The number of nitrogens with zero attached hydrogens (tertiary/aromatic N) is 1. The smallest absolute Gasteiger partial charge is 0.341 e. The number of rotatable bonds is 6. The summed E-state index contributed by atoms with van der Waals surface area (Å²) in [7, 11) is 0. The van der Waals surface area contributed by atoms with Crippen molar-refractivity contribution < 1.29 is 24.2 Å². The molecular weight excluding hydrogens is 336 g/mol. The van der Waals surface area contributed by atoms with E-state index in [2.05, 4.69) is 10.2 Å². The van der Waals surface area contributed by atoms with Gasteiger partial charge in [0.2, 0.25) is 0 Å². The van der Waals surface area contributed by atoms with Gasteiger partial charge in [0.05, 0.1) is 13.2 Å². The Hall–Kier alpha value is -3.06. The zero-order chi connectivity index (χ0) is 18.4. The second kappa shape index (κ2) is 8.35. The van der Waals surface area contributed by atoms with Crippen molar-refractivity contribution in [3.63, 3.8) is 0 Å². The Morgan fingerprint density at radius 1 is 1.04 bits per heavy atom. The minimum atomic E-state index is -1.04. The minimum absolute atomic E-state index is 0.210. The number of aliphatic carboxylic acids is 1. The number of carbonyl (C=O) groups excluding carboxylic acids is 1. The van der Waals surface area contributed by atoms with Crippen LogP contribution in [0.25, 0.3) is 0 Å². The van der Waals surface area contributed by atoms with Crippen LogP contribution in [0.4, 0.5) is 11.4 Å². The van der Waals surface area contributed by atoms with Gasteiger partial charge in [-0.25, -0.2) is 4.79 Å². The van der Waals surface area contributed by atoms with Crippen molar-refractivity contribution >= 4 is 23.3 Å². The summed E-state index contributed by atoms with van der Waals surface area (Å²) in [6, 6.07) is 14.0. The number of ether oxygens (including phenoxy) is 2. The predicted molar refractivity (Wildman–Crippen MR) is 97.0 cm³/mol. The largest absolute Gasteiger partial charge is 0.482 e. The van der Waals surface area contributed by atoms with Gasteiger partial charge in [0, 0.05) is 30.0 Å². The third-order valence-corrected chi connectivity index (χ3v) is 3.98. The van der Waals surface area contributed by atoms with E-state index < -0.39 is 12.6 Å². The number of amides is 1. The summed E-state index contributed by atoms with van der Waals surface area (Å²) in [6.45, 7) is 2.73. The Kier molecular flexibility index (Phi) is 5.70. The monoisotopic (exact) mass is 356 g/mol. The van der Waals surface area contributed by atoms with Crippen molar-refractivity contribution in [1.82, 2.24) is 0 Å². The molecule has 136 valence electrons. The van der Waals surface area contributed by atoms with Gasteiger partial charge in [-0.2, -0.15) is 0 Å². The standard InChI is InChI=1S/C19H20N2O5/c22-18(23)13-26-17-7-3-15(4-8-17)20-19(24)14-1-5-16(6-2-14)21-9-11-25-12-10-21/h1-8H,9-13H2,(H,20,24)(H,22,23). The lowest BCUT2D eigenvalue weighted by Gasteiger charge is -2.28. The van der Waals surface area contributed by atoms with E-state index in [0.29, 0.717) is 30.2 Å². The molecule has 0 spiro atoms. The van der Waals surface area contributed by atoms with Crippen LogP contribution in [-0.4, -0.2) is 49.9 Å². The summed E-state index contributed by atoms with van der Waals surface area (Å²) in [4.78, 5) is 25.0. The molecule has 1 fully saturated rings. The van der Waals surface area contributed by atoms with Crippen molar-refractivity contribution in [1.29, 1.82) is 0 Å². The van der Waals surface area contributed by atoms with Crippen LogP contribution < -0.4 is 15.0 Å². The molecule has 0 atom stereocenters. The Labute approximate surface area is 151 Å². The number of carbonyl (C=O) groups is 2. The van der Waals surface area contributed by atoms with E-state index >= 15 is 0 Å². The Morgan fingerprint density at radius 2 is 1.69 bits per heavy atom. The summed E-state index contributed by atoms with van der Waals surface area (Å²) in [5.74, 6) is -0.819. The lowest BCUT2D eigenvalue weighted by molar-refractivity contribution is -0.139. The summed E-state index contributed by atoms with van der Waals surface area (Å²) >= 11 is 0. The van der Waals surface area contributed by atoms with Crippen molar-refractivity contribution in [2.45, 2.75) is 0 Å². The molecule has 1 aliphatic heterocycles. The Balaban J connectivity index is 1.58. The zero-order valence-electron chi connectivity index (χ0n) is 14.2. The first kappa shape index (κ1) is 17.8. The molecule has 0 bridgehead atoms. The van der Waals surface area contributed by atoms with Gasteiger partial charge in [0.1, 0.15) is 5.75 Å². The molecule has 2 aromatic rings. The molecule has 1 amide bonds. The van der Waals surface area contributed by atoms with Crippen molar-refractivity contribution in [2.24, 2.45) is 0 Å². The highest BCUT2D eigenvalue weighted by molar-refractivity contribution is 6.04. The van der Waals surface area contributed by atoms with Crippen LogP contribution in [0.15, 0.2) is 48.5 Å². The number of benzene rings is 2. The number of anilines is 2. The molecule has 0 saturated carbocycles. The molecule has 0 aromatic heterocycles. The van der Waals surface area contributed by atoms with E-state index in [9.17, 15) is 9.59 Å². The van der Waals surface area contributed by atoms with Gasteiger partial charge >= 0.3 is 5.97 Å². The Morgan fingerprint density at radius 3 is 2.31 bits per heavy atom. The summed E-state index contributed by atoms with van der Waals surface area (Å²) in [6.07, 6.45) is 0. The molecule has 26 heavy (non-hydrogen) atoms. The molecule has 0 unspecified atom stereocenters. The van der Waals surface area contributed by atoms with E-state index in [-0.39, 0.29) is 5.91 Å². The van der Waals surface area contributed by atoms with Gasteiger partial charge in [0.25, 0.3) is 5.91 Å². The molecule has 0 radical (unpaired) electrons.